The Morgan fingerprint density at radius 3 is 2.60 bits per heavy atom. The second-order valence-electron chi connectivity index (χ2n) is 6.37. The minimum Gasteiger partial charge on any atom is -0.493 e. The number of benzene rings is 2. The molecule has 3 aromatic rings. The Bertz CT molecular complexity index is 1030. The highest BCUT2D eigenvalue weighted by Crippen LogP contribution is 2.34. The van der Waals surface area contributed by atoms with Gasteiger partial charge in [-0.1, -0.05) is 24.3 Å². The van der Waals surface area contributed by atoms with Crippen LogP contribution in [-0.2, 0) is 13.1 Å². The van der Waals surface area contributed by atoms with Crippen molar-refractivity contribution in [3.05, 3.63) is 81.7 Å². The van der Waals surface area contributed by atoms with Crippen LogP contribution in [0.2, 0.25) is 0 Å². The maximum atomic E-state index is 12.8. The average Bonchev–Trinajstić information content (AvgIpc) is 3.26. The van der Waals surface area contributed by atoms with Gasteiger partial charge in [0.25, 0.3) is 11.6 Å². The van der Waals surface area contributed by atoms with Crippen LogP contribution in [0.15, 0.2) is 54.9 Å². The fourth-order valence-electron chi connectivity index (χ4n) is 3.03. The molecule has 0 atom stereocenters. The highest BCUT2D eigenvalue weighted by atomic mass is 16.6. The number of amides is 1. The third-order valence-electron chi connectivity index (χ3n) is 4.47. The van der Waals surface area contributed by atoms with E-state index in [-0.39, 0.29) is 29.3 Å². The lowest BCUT2D eigenvalue weighted by Crippen LogP contribution is -2.24. The Balaban J connectivity index is 1.82. The molecule has 156 valence electrons. The first-order chi connectivity index (χ1) is 14.5. The molecule has 9 heteroatoms. The molecule has 0 spiro atoms. The molecule has 0 fully saturated rings. The molecule has 1 N–H and O–H groups in total. The molecule has 1 heterocycles. The van der Waals surface area contributed by atoms with E-state index in [2.05, 4.69) is 10.4 Å². The van der Waals surface area contributed by atoms with Gasteiger partial charge in [-0.2, -0.15) is 5.10 Å². The molecule has 0 bridgehead atoms. The third kappa shape index (κ3) is 4.75. The van der Waals surface area contributed by atoms with Gasteiger partial charge in [0.2, 0.25) is 0 Å². The SMILES string of the molecule is CCOc1cc([N+](=O)[O-])c(C(=O)NCc2ccccc2Cn2cccn2)cc1OC. The first-order valence-electron chi connectivity index (χ1n) is 9.35. The number of ether oxygens (including phenoxy) is 2. The normalized spacial score (nSPS) is 10.5. The fourth-order valence-corrected chi connectivity index (χ4v) is 3.03. The van der Waals surface area contributed by atoms with Gasteiger partial charge < -0.3 is 14.8 Å². The molecular weight excluding hydrogens is 388 g/mol. The van der Waals surface area contributed by atoms with Crippen LogP contribution in [0.25, 0.3) is 0 Å². The second-order valence-corrected chi connectivity index (χ2v) is 6.37. The molecule has 0 aliphatic carbocycles. The lowest BCUT2D eigenvalue weighted by atomic mass is 10.1. The van der Waals surface area contributed by atoms with E-state index in [0.29, 0.717) is 13.2 Å². The van der Waals surface area contributed by atoms with E-state index in [4.69, 9.17) is 9.47 Å². The zero-order valence-corrected chi connectivity index (χ0v) is 16.7. The summed E-state index contributed by atoms with van der Waals surface area (Å²) in [6, 6.07) is 12.0. The quantitative estimate of drug-likeness (QED) is 0.429. The number of rotatable bonds is 9. The molecule has 1 amide bonds. The number of carbonyl (C=O) groups excluding carboxylic acids is 1. The van der Waals surface area contributed by atoms with Gasteiger partial charge in [0.1, 0.15) is 5.56 Å². The Kier molecular flexibility index (Phi) is 6.63. The number of nitro benzene ring substituents is 1. The summed E-state index contributed by atoms with van der Waals surface area (Å²) in [5, 5.41) is 18.5. The smallest absolute Gasteiger partial charge is 0.286 e. The molecular formula is C21H22N4O5. The maximum absolute atomic E-state index is 12.8. The van der Waals surface area contributed by atoms with Crippen molar-refractivity contribution in [1.82, 2.24) is 15.1 Å². The topological polar surface area (TPSA) is 109 Å². The van der Waals surface area contributed by atoms with Gasteiger partial charge in [-0.15, -0.1) is 0 Å². The lowest BCUT2D eigenvalue weighted by molar-refractivity contribution is -0.385. The van der Waals surface area contributed by atoms with E-state index < -0.39 is 10.8 Å². The van der Waals surface area contributed by atoms with Crippen LogP contribution in [0, 0.1) is 10.1 Å². The van der Waals surface area contributed by atoms with Crippen molar-refractivity contribution < 1.29 is 19.2 Å². The van der Waals surface area contributed by atoms with E-state index in [1.54, 1.807) is 17.8 Å². The fraction of sp³-hybridized carbons (Fsp3) is 0.238. The van der Waals surface area contributed by atoms with Crippen molar-refractivity contribution >= 4 is 11.6 Å². The highest BCUT2D eigenvalue weighted by molar-refractivity contribution is 5.99. The zero-order chi connectivity index (χ0) is 21.5. The Morgan fingerprint density at radius 1 is 1.20 bits per heavy atom. The summed E-state index contributed by atoms with van der Waals surface area (Å²) in [6.07, 6.45) is 3.55. The molecule has 1 aromatic heterocycles. The van der Waals surface area contributed by atoms with Gasteiger partial charge in [0, 0.05) is 25.0 Å². The molecule has 3 rings (SSSR count). The van der Waals surface area contributed by atoms with Gasteiger partial charge in [-0.05, 0) is 24.1 Å². The van der Waals surface area contributed by atoms with E-state index in [1.807, 2.05) is 36.5 Å². The predicted molar refractivity (Wildman–Crippen MR) is 110 cm³/mol. The van der Waals surface area contributed by atoms with Gasteiger partial charge in [0.15, 0.2) is 11.5 Å². The van der Waals surface area contributed by atoms with E-state index in [9.17, 15) is 14.9 Å². The molecule has 0 aliphatic heterocycles. The molecule has 9 nitrogen and oxygen atoms in total. The third-order valence-corrected chi connectivity index (χ3v) is 4.47. The monoisotopic (exact) mass is 410 g/mol. The largest absolute Gasteiger partial charge is 0.493 e. The molecule has 0 radical (unpaired) electrons. The average molecular weight is 410 g/mol. The highest BCUT2D eigenvalue weighted by Gasteiger charge is 2.24. The Labute approximate surface area is 173 Å². The van der Waals surface area contributed by atoms with Crippen LogP contribution in [0.1, 0.15) is 28.4 Å². The predicted octanol–water partition coefficient (Wildman–Crippen LogP) is 3.18. The molecule has 0 saturated carbocycles. The van der Waals surface area contributed by atoms with E-state index in [0.717, 1.165) is 11.1 Å². The van der Waals surface area contributed by atoms with Crippen molar-refractivity contribution in [2.75, 3.05) is 13.7 Å². The van der Waals surface area contributed by atoms with Crippen LogP contribution in [0.4, 0.5) is 5.69 Å². The zero-order valence-electron chi connectivity index (χ0n) is 16.7. The van der Waals surface area contributed by atoms with Crippen molar-refractivity contribution in [2.45, 2.75) is 20.0 Å². The molecule has 2 aromatic carbocycles. The second kappa shape index (κ2) is 9.55. The number of hydrogen-bond donors (Lipinski definition) is 1. The first-order valence-corrected chi connectivity index (χ1v) is 9.35. The summed E-state index contributed by atoms with van der Waals surface area (Å²) in [5.41, 5.74) is 1.44. The summed E-state index contributed by atoms with van der Waals surface area (Å²) < 4.78 is 12.4. The van der Waals surface area contributed by atoms with Crippen molar-refractivity contribution in [1.29, 1.82) is 0 Å². The van der Waals surface area contributed by atoms with Crippen molar-refractivity contribution in [3.8, 4) is 11.5 Å². The number of nitrogens with one attached hydrogen (secondary N) is 1. The van der Waals surface area contributed by atoms with Gasteiger partial charge >= 0.3 is 0 Å². The Hall–Kier alpha value is -3.88. The number of aromatic nitrogens is 2. The van der Waals surface area contributed by atoms with Crippen LogP contribution >= 0.6 is 0 Å². The Morgan fingerprint density at radius 2 is 1.97 bits per heavy atom. The number of methoxy groups -OCH3 is 1. The summed E-state index contributed by atoms with van der Waals surface area (Å²) in [6.45, 7) is 2.83. The van der Waals surface area contributed by atoms with E-state index >= 15 is 0 Å². The summed E-state index contributed by atoms with van der Waals surface area (Å²) in [4.78, 5) is 23.7. The minimum atomic E-state index is -0.609. The summed E-state index contributed by atoms with van der Waals surface area (Å²) in [7, 11) is 1.41. The van der Waals surface area contributed by atoms with Crippen LogP contribution in [0.3, 0.4) is 0 Å². The van der Waals surface area contributed by atoms with Crippen molar-refractivity contribution in [2.24, 2.45) is 0 Å². The van der Waals surface area contributed by atoms with Crippen LogP contribution in [-0.4, -0.2) is 34.3 Å². The van der Waals surface area contributed by atoms with Gasteiger partial charge in [-0.25, -0.2) is 0 Å². The van der Waals surface area contributed by atoms with Crippen LogP contribution < -0.4 is 14.8 Å². The number of hydrogen-bond acceptors (Lipinski definition) is 6. The van der Waals surface area contributed by atoms with Gasteiger partial charge in [0.05, 0.1) is 31.3 Å². The summed E-state index contributed by atoms with van der Waals surface area (Å²) in [5.74, 6) is -0.101. The number of carbonyl (C=O) groups is 1. The molecule has 30 heavy (non-hydrogen) atoms. The maximum Gasteiger partial charge on any atom is 0.286 e. The number of nitrogens with zero attached hydrogens (tertiary/aromatic N) is 3. The van der Waals surface area contributed by atoms with Crippen molar-refractivity contribution in [3.63, 3.8) is 0 Å². The molecule has 0 unspecified atom stereocenters. The van der Waals surface area contributed by atoms with Gasteiger partial charge in [-0.3, -0.25) is 19.6 Å². The molecule has 0 aliphatic rings. The standard InChI is InChI=1S/C21H22N4O5/c1-3-30-20-12-18(25(27)28)17(11-19(20)29-2)21(26)22-13-15-7-4-5-8-16(15)14-24-10-6-9-23-24/h4-12H,3,13-14H2,1-2H3,(H,22,26). The van der Waals surface area contributed by atoms with E-state index in [1.165, 1.54) is 19.2 Å². The first kappa shape index (κ1) is 20.8. The number of nitro groups is 1. The van der Waals surface area contributed by atoms with Crippen LogP contribution in [0.5, 0.6) is 11.5 Å². The lowest BCUT2D eigenvalue weighted by Gasteiger charge is -2.13. The summed E-state index contributed by atoms with van der Waals surface area (Å²) >= 11 is 0. The minimum absolute atomic E-state index is 0.0927. The molecule has 0 saturated heterocycles.